The fraction of sp³-hybridized carbons (Fsp3) is 0.833. The van der Waals surface area contributed by atoms with Crippen molar-refractivity contribution in [2.45, 2.75) is 64.7 Å². The molecule has 0 aliphatic carbocycles. The van der Waals surface area contributed by atoms with Crippen LogP contribution in [0.5, 0.6) is 0 Å². The van der Waals surface area contributed by atoms with E-state index in [9.17, 15) is 9.59 Å². The van der Waals surface area contributed by atoms with Crippen LogP contribution in [-0.4, -0.2) is 25.4 Å². The summed E-state index contributed by atoms with van der Waals surface area (Å²) in [6.07, 6.45) is 9.92. The molecule has 2 N–H and O–H groups in total. The first-order chi connectivity index (χ1) is 8.54. The normalized spacial score (nSPS) is 9.26. The van der Waals surface area contributed by atoms with Crippen molar-refractivity contribution in [3.05, 3.63) is 0 Å². The molecule has 0 aromatic heterocycles. The molecular formula is C12H25NaO5S. The molecule has 110 valence electrons. The van der Waals surface area contributed by atoms with Gasteiger partial charge in [-0.15, -0.1) is 0 Å². The molecule has 7 heteroatoms. The smallest absolute Gasteiger partial charge is 1.00 e. The minimum atomic E-state index is -2.61. The van der Waals surface area contributed by atoms with Crippen molar-refractivity contribution in [1.29, 1.82) is 0 Å². The fourth-order valence-electron chi connectivity index (χ4n) is 1.47. The maximum Gasteiger partial charge on any atom is 1.00 e. The molecule has 0 bridgehead atoms. The molecule has 19 heavy (non-hydrogen) atoms. The van der Waals surface area contributed by atoms with E-state index >= 15 is 0 Å². The summed E-state index contributed by atoms with van der Waals surface area (Å²) in [5, 5.41) is 0. The van der Waals surface area contributed by atoms with Crippen LogP contribution in [0.4, 0.5) is 0 Å². The van der Waals surface area contributed by atoms with Crippen molar-refractivity contribution in [2.24, 2.45) is 0 Å². The summed E-state index contributed by atoms with van der Waals surface area (Å²) < 4.78 is 22.8. The van der Waals surface area contributed by atoms with Gasteiger partial charge in [0, 0.05) is 6.42 Å². The van der Waals surface area contributed by atoms with E-state index in [2.05, 4.69) is 6.92 Å². The number of unbranched alkanes of at least 4 members (excludes halogenated alkanes) is 6. The average molecular weight is 304 g/mol. The maximum absolute atomic E-state index is 10.9. The quantitative estimate of drug-likeness (QED) is 0.196. The van der Waals surface area contributed by atoms with Gasteiger partial charge in [0.25, 0.3) is 11.4 Å². The first-order valence-electron chi connectivity index (χ1n) is 6.29. The van der Waals surface area contributed by atoms with Gasteiger partial charge in [-0.2, -0.15) is 4.21 Å². The predicted molar refractivity (Wildman–Crippen MR) is 72.8 cm³/mol. The van der Waals surface area contributed by atoms with E-state index in [4.69, 9.17) is 13.3 Å². The first kappa shape index (κ1) is 24.4. The molecule has 0 radical (unpaired) electrons. The zero-order valence-electron chi connectivity index (χ0n) is 13.0. The maximum atomic E-state index is 10.9. The average Bonchev–Trinajstić information content (AvgIpc) is 2.27. The molecule has 0 atom stereocenters. The van der Waals surface area contributed by atoms with Gasteiger partial charge in [-0.3, -0.25) is 13.9 Å². The van der Waals surface area contributed by atoms with Gasteiger partial charge in [0.05, 0.1) is 6.42 Å². The van der Waals surface area contributed by atoms with Crippen LogP contribution < -0.4 is 29.6 Å². The summed E-state index contributed by atoms with van der Waals surface area (Å²) in [6.45, 7) is 2.21. The van der Waals surface area contributed by atoms with Crippen molar-refractivity contribution >= 4 is 23.4 Å². The second-order valence-electron chi connectivity index (χ2n) is 4.01. The SMILES string of the molecule is CCCCCCCCCC(=O)CC=O.O=S(O)O.[H-].[Na+]. The number of Topliss-reactive ketones (excluding diaryl/α,β-unsaturated/α-hetero) is 1. The molecule has 0 amide bonds. The Hall–Kier alpha value is 0.410. The Morgan fingerprint density at radius 2 is 1.53 bits per heavy atom. The van der Waals surface area contributed by atoms with Crippen molar-refractivity contribution in [3.8, 4) is 0 Å². The number of hydrogen-bond donors (Lipinski definition) is 2. The molecule has 0 spiro atoms. The van der Waals surface area contributed by atoms with E-state index in [1.54, 1.807) is 0 Å². The van der Waals surface area contributed by atoms with Crippen LogP contribution in [0.3, 0.4) is 0 Å². The minimum Gasteiger partial charge on any atom is -1.00 e. The summed E-state index contributed by atoms with van der Waals surface area (Å²) in [5.74, 6) is 0.0913. The number of carbonyl (C=O) groups is 2. The second-order valence-corrected chi connectivity index (χ2v) is 4.47. The van der Waals surface area contributed by atoms with Gasteiger partial charge in [0.15, 0.2) is 0 Å². The molecule has 0 aromatic carbocycles. The Labute approximate surface area is 141 Å². The molecule has 0 fully saturated rings. The van der Waals surface area contributed by atoms with Gasteiger partial charge in [0.2, 0.25) is 0 Å². The van der Waals surface area contributed by atoms with Gasteiger partial charge in [-0.25, -0.2) is 0 Å². The van der Waals surface area contributed by atoms with Gasteiger partial charge < -0.3 is 6.22 Å². The Morgan fingerprint density at radius 3 is 1.95 bits per heavy atom. The van der Waals surface area contributed by atoms with E-state index in [1.165, 1.54) is 32.1 Å². The summed E-state index contributed by atoms with van der Waals surface area (Å²) in [5.41, 5.74) is 0. The van der Waals surface area contributed by atoms with E-state index in [0.717, 1.165) is 12.8 Å². The third-order valence-electron chi connectivity index (χ3n) is 2.37. The van der Waals surface area contributed by atoms with Crippen LogP contribution in [0.1, 0.15) is 66.1 Å². The Balaban J connectivity index is -0.000000188. The van der Waals surface area contributed by atoms with E-state index < -0.39 is 11.4 Å². The topological polar surface area (TPSA) is 91.7 Å². The minimum absolute atomic E-state index is 0. The summed E-state index contributed by atoms with van der Waals surface area (Å²) in [4.78, 5) is 20.9. The van der Waals surface area contributed by atoms with Crippen molar-refractivity contribution in [1.82, 2.24) is 0 Å². The number of rotatable bonds is 10. The third-order valence-corrected chi connectivity index (χ3v) is 2.37. The van der Waals surface area contributed by atoms with Gasteiger partial charge in [0.1, 0.15) is 12.1 Å². The number of aldehydes is 1. The van der Waals surface area contributed by atoms with Crippen molar-refractivity contribution in [3.63, 3.8) is 0 Å². The molecule has 0 aliphatic heterocycles. The molecule has 0 aliphatic rings. The largest absolute Gasteiger partial charge is 1.00 e. The zero-order chi connectivity index (χ0) is 14.2. The molecule has 0 unspecified atom stereocenters. The Morgan fingerprint density at radius 1 is 1.11 bits per heavy atom. The summed E-state index contributed by atoms with van der Waals surface area (Å²) >= 11 is -2.61. The Kier molecular flexibility index (Phi) is 26.6. The first-order valence-corrected chi connectivity index (χ1v) is 7.36. The molecule has 0 saturated heterocycles. The monoisotopic (exact) mass is 304 g/mol. The summed E-state index contributed by atoms with van der Waals surface area (Å²) in [7, 11) is 0. The van der Waals surface area contributed by atoms with Crippen LogP contribution in [-0.2, 0) is 21.0 Å². The van der Waals surface area contributed by atoms with E-state index in [1.807, 2.05) is 0 Å². The number of hydrogen-bond acceptors (Lipinski definition) is 3. The fourth-order valence-corrected chi connectivity index (χ4v) is 1.47. The molecule has 0 heterocycles. The van der Waals surface area contributed by atoms with Crippen LogP contribution >= 0.6 is 0 Å². The van der Waals surface area contributed by atoms with Gasteiger partial charge in [-0.05, 0) is 6.42 Å². The molecule has 0 saturated carbocycles. The van der Waals surface area contributed by atoms with Gasteiger partial charge >= 0.3 is 29.6 Å². The van der Waals surface area contributed by atoms with Crippen LogP contribution in [0, 0.1) is 0 Å². The number of carbonyl (C=O) groups excluding carboxylic acids is 2. The second kappa shape index (κ2) is 20.7. The zero-order valence-corrected chi connectivity index (χ0v) is 14.8. The number of ketones is 1. The van der Waals surface area contributed by atoms with E-state index in [-0.39, 0.29) is 43.2 Å². The summed E-state index contributed by atoms with van der Waals surface area (Å²) in [6, 6.07) is 0. The standard InChI is InChI=1S/C12H22O2.Na.H2O3S.H/c1-2-3-4-5-6-7-8-9-12(14)10-11-13;;1-4(2)3;/h11H,2-10H2,1H3;;(H2,1,2,3);/q;+1;;-1. The Bertz CT molecular complexity index is 238. The third kappa shape index (κ3) is 32.2. The van der Waals surface area contributed by atoms with E-state index in [0.29, 0.717) is 12.7 Å². The van der Waals surface area contributed by atoms with Crippen LogP contribution in [0.2, 0.25) is 0 Å². The van der Waals surface area contributed by atoms with Crippen LogP contribution in [0.15, 0.2) is 0 Å². The molecular weight excluding hydrogens is 279 g/mol. The molecule has 0 rings (SSSR count). The van der Waals surface area contributed by atoms with Crippen molar-refractivity contribution < 1.29 is 53.9 Å². The van der Waals surface area contributed by atoms with Crippen LogP contribution in [0.25, 0.3) is 0 Å². The molecule has 5 nitrogen and oxygen atoms in total. The van der Waals surface area contributed by atoms with Crippen molar-refractivity contribution in [2.75, 3.05) is 0 Å². The predicted octanol–water partition coefficient (Wildman–Crippen LogP) is 0.0828. The molecule has 0 aromatic rings. The van der Waals surface area contributed by atoms with Gasteiger partial charge in [-0.1, -0.05) is 45.4 Å².